The van der Waals surface area contributed by atoms with Crippen LogP contribution in [0.1, 0.15) is 12.0 Å². The van der Waals surface area contributed by atoms with Gasteiger partial charge in [-0.3, -0.25) is 4.98 Å². The average Bonchev–Trinajstić information content (AvgIpc) is 2.44. The second kappa shape index (κ2) is 9.19. The maximum atomic E-state index is 11.6. The summed E-state index contributed by atoms with van der Waals surface area (Å²) in [5.41, 5.74) is 1.07. The summed E-state index contributed by atoms with van der Waals surface area (Å²) >= 11 is 1.55. The summed E-state index contributed by atoms with van der Waals surface area (Å²) in [5.74, 6) is -0.322. The minimum atomic E-state index is -1.01. The molecule has 0 saturated carbocycles. The third kappa shape index (κ3) is 6.42. The first-order valence-corrected chi connectivity index (χ1v) is 7.68. The van der Waals surface area contributed by atoms with E-state index in [9.17, 15) is 9.59 Å². The number of pyridine rings is 1. The number of carboxylic acid groups (broad SMARTS) is 1. The zero-order valence-corrected chi connectivity index (χ0v) is 12.2. The Kier molecular flexibility index (Phi) is 7.49. The summed E-state index contributed by atoms with van der Waals surface area (Å²) in [4.78, 5) is 26.5. The Balaban J connectivity index is 2.29. The van der Waals surface area contributed by atoms with Crippen molar-refractivity contribution >= 4 is 23.8 Å². The highest BCUT2D eigenvalue weighted by atomic mass is 32.2. The molecule has 20 heavy (non-hydrogen) atoms. The van der Waals surface area contributed by atoms with E-state index in [1.54, 1.807) is 24.2 Å². The molecular formula is C13H19N3O3S. The largest absolute Gasteiger partial charge is 0.480 e. The SMILES string of the molecule is CSCCC(NC(=O)NCCc1ccncc1)C(=O)O. The lowest BCUT2D eigenvalue weighted by molar-refractivity contribution is -0.139. The monoisotopic (exact) mass is 297 g/mol. The molecule has 0 aliphatic heterocycles. The lowest BCUT2D eigenvalue weighted by Gasteiger charge is -2.14. The van der Waals surface area contributed by atoms with Gasteiger partial charge in [0.1, 0.15) is 6.04 Å². The third-order valence-electron chi connectivity index (χ3n) is 2.66. The highest BCUT2D eigenvalue weighted by molar-refractivity contribution is 7.98. The topological polar surface area (TPSA) is 91.3 Å². The van der Waals surface area contributed by atoms with Crippen LogP contribution in [0.5, 0.6) is 0 Å². The van der Waals surface area contributed by atoms with Gasteiger partial charge in [-0.05, 0) is 42.5 Å². The lowest BCUT2D eigenvalue weighted by Crippen LogP contribution is -2.46. The molecule has 7 heteroatoms. The van der Waals surface area contributed by atoms with Gasteiger partial charge >= 0.3 is 12.0 Å². The van der Waals surface area contributed by atoms with Crippen LogP contribution >= 0.6 is 11.8 Å². The number of carbonyl (C=O) groups is 2. The van der Waals surface area contributed by atoms with Crippen LogP contribution in [0.2, 0.25) is 0 Å². The van der Waals surface area contributed by atoms with E-state index in [4.69, 9.17) is 5.11 Å². The van der Waals surface area contributed by atoms with Gasteiger partial charge in [0, 0.05) is 18.9 Å². The van der Waals surface area contributed by atoms with Crippen LogP contribution in [0, 0.1) is 0 Å². The molecule has 0 radical (unpaired) electrons. The van der Waals surface area contributed by atoms with E-state index in [1.165, 1.54) is 0 Å². The molecule has 0 spiro atoms. The minimum Gasteiger partial charge on any atom is -0.480 e. The highest BCUT2D eigenvalue weighted by Gasteiger charge is 2.18. The number of hydrogen-bond donors (Lipinski definition) is 3. The molecule has 1 unspecified atom stereocenters. The van der Waals surface area contributed by atoms with Gasteiger partial charge in [-0.2, -0.15) is 11.8 Å². The molecule has 0 aliphatic rings. The smallest absolute Gasteiger partial charge is 0.326 e. The van der Waals surface area contributed by atoms with Crippen molar-refractivity contribution in [2.45, 2.75) is 18.9 Å². The van der Waals surface area contributed by atoms with Crippen molar-refractivity contribution in [2.24, 2.45) is 0 Å². The molecule has 2 amide bonds. The zero-order valence-electron chi connectivity index (χ0n) is 11.3. The Bertz CT molecular complexity index is 428. The third-order valence-corrected chi connectivity index (χ3v) is 3.31. The predicted octanol–water partition coefficient (Wildman–Crippen LogP) is 1.13. The standard InChI is InChI=1S/C13H19N3O3S/c1-20-9-5-11(12(17)18)16-13(19)15-8-4-10-2-6-14-7-3-10/h2-3,6-7,11H,4-5,8-9H2,1H3,(H,17,18)(H2,15,16,19). The molecule has 3 N–H and O–H groups in total. The van der Waals surface area contributed by atoms with E-state index in [0.717, 1.165) is 5.56 Å². The van der Waals surface area contributed by atoms with E-state index < -0.39 is 18.0 Å². The molecule has 0 aliphatic carbocycles. The fraction of sp³-hybridized carbons (Fsp3) is 0.462. The van der Waals surface area contributed by atoms with Gasteiger partial charge < -0.3 is 15.7 Å². The van der Waals surface area contributed by atoms with Crippen LogP contribution in [0.15, 0.2) is 24.5 Å². The molecule has 0 bridgehead atoms. The number of amides is 2. The molecule has 1 aromatic rings. The molecule has 1 aromatic heterocycles. The van der Waals surface area contributed by atoms with E-state index in [-0.39, 0.29) is 0 Å². The summed E-state index contributed by atoms with van der Waals surface area (Å²) in [7, 11) is 0. The second-order valence-corrected chi connectivity index (χ2v) is 5.16. The maximum Gasteiger partial charge on any atom is 0.326 e. The summed E-state index contributed by atoms with van der Waals surface area (Å²) in [6.07, 6.45) is 6.37. The number of urea groups is 1. The van der Waals surface area contributed by atoms with Crippen molar-refractivity contribution in [1.29, 1.82) is 0 Å². The van der Waals surface area contributed by atoms with Gasteiger partial charge in [-0.15, -0.1) is 0 Å². The van der Waals surface area contributed by atoms with Crippen molar-refractivity contribution < 1.29 is 14.7 Å². The van der Waals surface area contributed by atoms with Gasteiger partial charge in [0.15, 0.2) is 0 Å². The molecular weight excluding hydrogens is 278 g/mol. The number of carboxylic acids is 1. The number of carbonyl (C=O) groups excluding carboxylic acids is 1. The van der Waals surface area contributed by atoms with Crippen LogP contribution in [0.4, 0.5) is 4.79 Å². The van der Waals surface area contributed by atoms with Crippen LogP contribution < -0.4 is 10.6 Å². The zero-order chi connectivity index (χ0) is 14.8. The molecule has 1 rings (SSSR count). The highest BCUT2D eigenvalue weighted by Crippen LogP contribution is 2.01. The maximum absolute atomic E-state index is 11.6. The molecule has 0 fully saturated rings. The summed E-state index contributed by atoms with van der Waals surface area (Å²) in [6.45, 7) is 0.449. The molecule has 6 nitrogen and oxygen atoms in total. The van der Waals surface area contributed by atoms with Crippen molar-refractivity contribution in [3.8, 4) is 0 Å². The Morgan fingerprint density at radius 3 is 2.70 bits per heavy atom. The van der Waals surface area contributed by atoms with E-state index >= 15 is 0 Å². The number of aromatic nitrogens is 1. The number of hydrogen-bond acceptors (Lipinski definition) is 4. The van der Waals surface area contributed by atoms with E-state index in [1.807, 2.05) is 18.4 Å². The van der Waals surface area contributed by atoms with Crippen LogP contribution in [-0.2, 0) is 11.2 Å². The van der Waals surface area contributed by atoms with Gasteiger partial charge in [0.25, 0.3) is 0 Å². The Hall–Kier alpha value is -1.76. The summed E-state index contributed by atoms with van der Waals surface area (Å²) in [6, 6.07) is 2.45. The summed E-state index contributed by atoms with van der Waals surface area (Å²) in [5, 5.41) is 14.1. The molecule has 0 aromatic carbocycles. The minimum absolute atomic E-state index is 0.411. The number of nitrogens with one attached hydrogen (secondary N) is 2. The summed E-state index contributed by atoms with van der Waals surface area (Å²) < 4.78 is 0. The first kappa shape index (κ1) is 16.3. The Morgan fingerprint density at radius 1 is 1.40 bits per heavy atom. The number of nitrogens with zero attached hydrogens (tertiary/aromatic N) is 1. The molecule has 110 valence electrons. The van der Waals surface area contributed by atoms with E-state index in [0.29, 0.717) is 25.1 Å². The predicted molar refractivity (Wildman–Crippen MR) is 78.9 cm³/mol. The van der Waals surface area contributed by atoms with Crippen LogP contribution in [-0.4, -0.2) is 46.7 Å². The molecule has 1 heterocycles. The van der Waals surface area contributed by atoms with Gasteiger partial charge in [0.2, 0.25) is 0 Å². The Labute approximate surface area is 122 Å². The first-order chi connectivity index (χ1) is 9.63. The molecule has 0 saturated heterocycles. The van der Waals surface area contributed by atoms with Crippen molar-refractivity contribution in [2.75, 3.05) is 18.6 Å². The number of rotatable bonds is 8. The van der Waals surface area contributed by atoms with Crippen LogP contribution in [0.25, 0.3) is 0 Å². The number of thioether (sulfide) groups is 1. The first-order valence-electron chi connectivity index (χ1n) is 6.28. The van der Waals surface area contributed by atoms with Gasteiger partial charge in [0.05, 0.1) is 0 Å². The fourth-order valence-electron chi connectivity index (χ4n) is 1.57. The van der Waals surface area contributed by atoms with Crippen molar-refractivity contribution in [1.82, 2.24) is 15.6 Å². The average molecular weight is 297 g/mol. The Morgan fingerprint density at radius 2 is 2.10 bits per heavy atom. The van der Waals surface area contributed by atoms with Crippen molar-refractivity contribution in [3.05, 3.63) is 30.1 Å². The second-order valence-electron chi connectivity index (χ2n) is 4.18. The normalized spacial score (nSPS) is 11.7. The quantitative estimate of drug-likeness (QED) is 0.669. The van der Waals surface area contributed by atoms with Crippen molar-refractivity contribution in [3.63, 3.8) is 0 Å². The number of aliphatic carboxylic acids is 1. The molecule has 1 atom stereocenters. The van der Waals surface area contributed by atoms with Gasteiger partial charge in [-0.25, -0.2) is 9.59 Å². The van der Waals surface area contributed by atoms with Crippen LogP contribution in [0.3, 0.4) is 0 Å². The lowest BCUT2D eigenvalue weighted by atomic mass is 10.2. The fourth-order valence-corrected chi connectivity index (χ4v) is 2.04. The van der Waals surface area contributed by atoms with Gasteiger partial charge in [-0.1, -0.05) is 0 Å². The van der Waals surface area contributed by atoms with E-state index in [2.05, 4.69) is 15.6 Å².